The predicted molar refractivity (Wildman–Crippen MR) is 120 cm³/mol. The third-order valence-corrected chi connectivity index (χ3v) is 5.66. The molecule has 1 aliphatic heterocycles. The summed E-state index contributed by atoms with van der Waals surface area (Å²) in [5, 5.41) is 0. The molecule has 3 rings (SSSR count). The molecule has 7 heteroatoms. The molecule has 30 heavy (non-hydrogen) atoms. The lowest BCUT2D eigenvalue weighted by molar-refractivity contribution is -0.127. The molecule has 0 saturated carbocycles. The van der Waals surface area contributed by atoms with Crippen LogP contribution in [0.1, 0.15) is 32.4 Å². The first kappa shape index (κ1) is 21.8. The van der Waals surface area contributed by atoms with E-state index in [4.69, 9.17) is 5.73 Å². The first-order valence-corrected chi connectivity index (χ1v) is 10.7. The molecule has 3 heterocycles. The van der Waals surface area contributed by atoms with Crippen molar-refractivity contribution >= 4 is 11.6 Å². The van der Waals surface area contributed by atoms with Crippen molar-refractivity contribution in [1.29, 1.82) is 0 Å². The fraction of sp³-hybridized carbons (Fsp3) is 0.435. The Morgan fingerprint density at radius 1 is 1.30 bits per heavy atom. The minimum absolute atomic E-state index is 0.00575. The van der Waals surface area contributed by atoms with Gasteiger partial charge < -0.3 is 20.5 Å². The Bertz CT molecular complexity index is 945. The highest BCUT2D eigenvalue weighted by atomic mass is 16.2. The molecule has 2 aromatic rings. The smallest absolute Gasteiger partial charge is 0.271 e. The topological polar surface area (TPSA) is 95.3 Å². The summed E-state index contributed by atoms with van der Waals surface area (Å²) in [6.45, 7) is 6.59. The Kier molecular flexibility index (Phi) is 7.41. The SMILES string of the molecule is CCc1cc(-c2c[nH]c(=O)c(N(CC)C3CCN(C(=O)/C=C/CN)CC3)c2)ccn1. The molecule has 0 aliphatic carbocycles. The van der Waals surface area contributed by atoms with E-state index in [1.165, 1.54) is 0 Å². The predicted octanol–water partition coefficient (Wildman–Crippen LogP) is 2.33. The molecule has 1 fully saturated rings. The van der Waals surface area contributed by atoms with Gasteiger partial charge in [0.05, 0.1) is 0 Å². The van der Waals surface area contributed by atoms with Gasteiger partial charge in [0.2, 0.25) is 5.91 Å². The Morgan fingerprint density at radius 2 is 2.07 bits per heavy atom. The van der Waals surface area contributed by atoms with Gasteiger partial charge in [0.25, 0.3) is 5.56 Å². The van der Waals surface area contributed by atoms with E-state index in [2.05, 4.69) is 34.8 Å². The van der Waals surface area contributed by atoms with Crippen LogP contribution < -0.4 is 16.2 Å². The average Bonchev–Trinajstić information content (AvgIpc) is 2.79. The number of hydrogen-bond acceptors (Lipinski definition) is 5. The summed E-state index contributed by atoms with van der Waals surface area (Å²) in [6.07, 6.45) is 9.32. The maximum absolute atomic E-state index is 12.7. The first-order chi connectivity index (χ1) is 14.6. The van der Waals surface area contributed by atoms with Gasteiger partial charge in [0.15, 0.2) is 0 Å². The number of rotatable bonds is 7. The molecular formula is C23H31N5O2. The van der Waals surface area contributed by atoms with Gasteiger partial charge >= 0.3 is 0 Å². The summed E-state index contributed by atoms with van der Waals surface area (Å²) < 4.78 is 0. The molecule has 0 aromatic carbocycles. The van der Waals surface area contributed by atoms with E-state index in [1.807, 2.05) is 23.2 Å². The Hall–Kier alpha value is -2.93. The van der Waals surface area contributed by atoms with Gasteiger partial charge in [-0.1, -0.05) is 13.0 Å². The highest BCUT2D eigenvalue weighted by Gasteiger charge is 2.27. The molecule has 1 aliphatic rings. The van der Waals surface area contributed by atoms with Crippen molar-refractivity contribution in [3.05, 3.63) is 58.8 Å². The molecule has 0 unspecified atom stereocenters. The Morgan fingerprint density at radius 3 is 2.73 bits per heavy atom. The third-order valence-electron chi connectivity index (χ3n) is 5.66. The number of nitrogens with two attached hydrogens (primary N) is 1. The van der Waals surface area contributed by atoms with E-state index in [9.17, 15) is 9.59 Å². The largest absolute Gasteiger partial charge is 0.364 e. The van der Waals surface area contributed by atoms with E-state index < -0.39 is 0 Å². The summed E-state index contributed by atoms with van der Waals surface area (Å²) in [4.78, 5) is 36.1. The van der Waals surface area contributed by atoms with E-state index in [0.717, 1.165) is 42.6 Å². The van der Waals surface area contributed by atoms with E-state index in [-0.39, 0.29) is 17.5 Å². The minimum Gasteiger partial charge on any atom is -0.364 e. The average molecular weight is 410 g/mol. The van der Waals surface area contributed by atoms with Crippen molar-refractivity contribution in [2.24, 2.45) is 5.73 Å². The van der Waals surface area contributed by atoms with Crippen molar-refractivity contribution in [3.8, 4) is 11.1 Å². The van der Waals surface area contributed by atoms with Crippen molar-refractivity contribution in [2.45, 2.75) is 39.2 Å². The molecule has 160 valence electrons. The lowest BCUT2D eigenvalue weighted by atomic mass is 10.0. The van der Waals surface area contributed by atoms with Crippen molar-refractivity contribution in [1.82, 2.24) is 14.9 Å². The third kappa shape index (κ3) is 4.97. The van der Waals surface area contributed by atoms with Gasteiger partial charge in [-0.15, -0.1) is 0 Å². The van der Waals surface area contributed by atoms with E-state index in [1.54, 1.807) is 18.3 Å². The second-order valence-corrected chi connectivity index (χ2v) is 7.47. The molecule has 1 saturated heterocycles. The normalized spacial score (nSPS) is 15.0. The van der Waals surface area contributed by atoms with Gasteiger partial charge in [-0.3, -0.25) is 14.6 Å². The second-order valence-electron chi connectivity index (χ2n) is 7.47. The van der Waals surface area contributed by atoms with Crippen LogP contribution in [0.5, 0.6) is 0 Å². The molecule has 0 atom stereocenters. The standard InChI is InChI=1S/C23H31N5O2/c1-3-19-14-17(7-11-25-19)18-15-21(23(30)26-16-18)28(4-2)20-8-12-27(13-9-20)22(29)6-5-10-24/h5-7,11,14-16,20H,3-4,8-10,12-13,24H2,1-2H3,(H,26,30)/b6-5+. The van der Waals surface area contributed by atoms with Gasteiger partial charge in [-0.05, 0) is 49.9 Å². The molecule has 0 spiro atoms. The van der Waals surface area contributed by atoms with Crippen LogP contribution in [0.25, 0.3) is 11.1 Å². The molecule has 7 nitrogen and oxygen atoms in total. The molecule has 3 N–H and O–H groups in total. The number of anilines is 1. The zero-order valence-corrected chi connectivity index (χ0v) is 17.8. The molecule has 1 amide bonds. The van der Waals surface area contributed by atoms with E-state index >= 15 is 0 Å². The number of piperidine rings is 1. The Balaban J connectivity index is 1.79. The van der Waals surface area contributed by atoms with Crippen LogP contribution in [0.3, 0.4) is 0 Å². The highest BCUT2D eigenvalue weighted by Crippen LogP contribution is 2.26. The highest BCUT2D eigenvalue weighted by molar-refractivity contribution is 5.87. The molecule has 0 radical (unpaired) electrons. The van der Waals surface area contributed by atoms with Crippen molar-refractivity contribution in [3.63, 3.8) is 0 Å². The van der Waals surface area contributed by atoms with Gasteiger partial charge in [0.1, 0.15) is 5.69 Å². The maximum Gasteiger partial charge on any atom is 0.271 e. The van der Waals surface area contributed by atoms with Gasteiger partial charge in [0, 0.05) is 61.9 Å². The first-order valence-electron chi connectivity index (χ1n) is 10.7. The summed E-state index contributed by atoms with van der Waals surface area (Å²) in [5.41, 5.74) is 9.06. The number of aryl methyl sites for hydroxylation is 1. The van der Waals surface area contributed by atoms with Gasteiger partial charge in [-0.25, -0.2) is 0 Å². The van der Waals surface area contributed by atoms with Gasteiger partial charge in [-0.2, -0.15) is 0 Å². The number of aromatic nitrogens is 2. The fourth-order valence-electron chi connectivity index (χ4n) is 4.00. The quantitative estimate of drug-likeness (QED) is 0.685. The van der Waals surface area contributed by atoms with Crippen LogP contribution in [0.15, 0.2) is 47.5 Å². The number of amides is 1. The van der Waals surface area contributed by atoms with Crippen LogP contribution >= 0.6 is 0 Å². The lowest BCUT2D eigenvalue weighted by Crippen LogP contribution is -2.47. The summed E-state index contributed by atoms with van der Waals surface area (Å²) in [6, 6.07) is 6.22. The zero-order valence-electron chi connectivity index (χ0n) is 17.8. The van der Waals surface area contributed by atoms with Crippen LogP contribution in [0.2, 0.25) is 0 Å². The van der Waals surface area contributed by atoms with Crippen LogP contribution in [0.4, 0.5) is 5.69 Å². The van der Waals surface area contributed by atoms with Crippen LogP contribution in [0, 0.1) is 0 Å². The molecular weight excluding hydrogens is 378 g/mol. The number of aromatic amines is 1. The number of nitrogens with one attached hydrogen (secondary N) is 1. The number of nitrogens with zero attached hydrogens (tertiary/aromatic N) is 3. The monoisotopic (exact) mass is 409 g/mol. The van der Waals surface area contributed by atoms with Crippen LogP contribution in [-0.2, 0) is 11.2 Å². The zero-order chi connectivity index (χ0) is 21.5. The van der Waals surface area contributed by atoms with E-state index in [0.29, 0.717) is 25.3 Å². The molecule has 0 bridgehead atoms. The minimum atomic E-state index is -0.0882. The fourth-order valence-corrected chi connectivity index (χ4v) is 4.00. The Labute approximate surface area is 177 Å². The number of carbonyl (C=O) groups excluding carboxylic acids is 1. The van der Waals surface area contributed by atoms with Crippen molar-refractivity contribution in [2.75, 3.05) is 31.1 Å². The van der Waals surface area contributed by atoms with Crippen LogP contribution in [-0.4, -0.2) is 53.0 Å². The summed E-state index contributed by atoms with van der Waals surface area (Å²) in [5.74, 6) is 0.00575. The lowest BCUT2D eigenvalue weighted by Gasteiger charge is -2.38. The van der Waals surface area contributed by atoms with Crippen molar-refractivity contribution < 1.29 is 4.79 Å². The second kappa shape index (κ2) is 10.2. The summed E-state index contributed by atoms with van der Waals surface area (Å²) in [7, 11) is 0. The molecule has 2 aromatic heterocycles. The summed E-state index contributed by atoms with van der Waals surface area (Å²) >= 11 is 0. The number of pyridine rings is 2. The number of likely N-dealkylation sites (tertiary alicyclic amines) is 1. The number of H-pyrrole nitrogens is 1. The maximum atomic E-state index is 12.7. The number of hydrogen-bond donors (Lipinski definition) is 2. The number of carbonyl (C=O) groups is 1.